The van der Waals surface area contributed by atoms with Crippen LogP contribution in [0.2, 0.25) is 0 Å². The van der Waals surface area contributed by atoms with Gasteiger partial charge in [-0.05, 0) is 87.3 Å². The summed E-state index contributed by atoms with van der Waals surface area (Å²) in [4.78, 5) is 14.7. The van der Waals surface area contributed by atoms with Crippen LogP contribution < -0.4 is 4.74 Å². The van der Waals surface area contributed by atoms with Crippen molar-refractivity contribution in [3.8, 4) is 5.75 Å². The lowest BCUT2D eigenvalue weighted by molar-refractivity contribution is -0.490. The van der Waals surface area contributed by atoms with Crippen molar-refractivity contribution in [2.24, 2.45) is 17.8 Å². The van der Waals surface area contributed by atoms with Gasteiger partial charge in [-0.2, -0.15) is 0 Å². The number of aliphatic hydroxyl groups is 1. The molecule has 1 aliphatic heterocycles. The molecule has 2 atom stereocenters. The van der Waals surface area contributed by atoms with Gasteiger partial charge in [0.25, 0.3) is 0 Å². The van der Waals surface area contributed by atoms with Gasteiger partial charge in [0.05, 0.1) is 24.9 Å². The molecule has 0 amide bonds. The maximum absolute atomic E-state index is 10.9. The molecule has 7 heteroatoms. The second-order valence-corrected chi connectivity index (χ2v) is 12.0. The molecule has 6 aliphatic rings. The summed E-state index contributed by atoms with van der Waals surface area (Å²) < 4.78 is 17.4. The monoisotopic (exact) mass is 501 g/mol. The Labute approximate surface area is 215 Å². The van der Waals surface area contributed by atoms with Crippen LogP contribution in [-0.2, 0) is 19.2 Å². The molecular weight excluding hydrogens is 458 g/mol. The van der Waals surface area contributed by atoms with Crippen molar-refractivity contribution in [3.63, 3.8) is 0 Å². The second kappa shape index (κ2) is 10.5. The highest BCUT2D eigenvalue weighted by atomic mass is 17.2. The first-order valence-corrected chi connectivity index (χ1v) is 14.2. The lowest BCUT2D eigenvalue weighted by atomic mass is 9.51. The highest BCUT2D eigenvalue weighted by Gasteiger charge is 2.64. The Bertz CT molecular complexity index is 847. The minimum atomic E-state index is -0.683. The third-order valence-electron chi connectivity index (χ3n) is 9.73. The summed E-state index contributed by atoms with van der Waals surface area (Å²) in [7, 11) is 1.75. The Balaban J connectivity index is 0.957. The molecule has 36 heavy (non-hydrogen) atoms. The first kappa shape index (κ1) is 25.1. The van der Waals surface area contributed by atoms with Gasteiger partial charge in [0.1, 0.15) is 12.4 Å². The first-order valence-electron chi connectivity index (χ1n) is 14.2. The highest BCUT2D eigenvalue weighted by Crippen LogP contribution is 2.61. The Kier molecular flexibility index (Phi) is 7.32. The van der Waals surface area contributed by atoms with E-state index >= 15 is 0 Å². The summed E-state index contributed by atoms with van der Waals surface area (Å²) in [5, 5.41) is 10.9. The number of hydrogen-bond acceptors (Lipinski definition) is 7. The van der Waals surface area contributed by atoms with Gasteiger partial charge in [-0.15, -0.1) is 0 Å². The van der Waals surface area contributed by atoms with E-state index in [9.17, 15) is 5.11 Å². The van der Waals surface area contributed by atoms with Gasteiger partial charge in [0, 0.05) is 38.6 Å². The van der Waals surface area contributed by atoms with Crippen LogP contribution in [0.1, 0.15) is 69.3 Å². The average molecular weight is 502 g/mol. The van der Waals surface area contributed by atoms with Crippen molar-refractivity contribution in [1.29, 1.82) is 0 Å². The summed E-state index contributed by atoms with van der Waals surface area (Å²) >= 11 is 0. The predicted molar refractivity (Wildman–Crippen MR) is 135 cm³/mol. The topological polar surface area (TPSA) is 69.6 Å². The molecule has 0 spiro atoms. The van der Waals surface area contributed by atoms with E-state index < -0.39 is 11.4 Å². The minimum Gasteiger partial charge on any atom is -0.492 e. The van der Waals surface area contributed by atoms with Crippen molar-refractivity contribution in [2.75, 3.05) is 46.6 Å². The number of morpholine rings is 1. The zero-order valence-corrected chi connectivity index (χ0v) is 21.7. The molecule has 6 fully saturated rings. The Morgan fingerprint density at radius 1 is 0.972 bits per heavy atom. The van der Waals surface area contributed by atoms with Gasteiger partial charge in [-0.1, -0.05) is 12.1 Å². The molecule has 1 N–H and O–H groups in total. The van der Waals surface area contributed by atoms with Crippen LogP contribution in [-0.4, -0.2) is 74.1 Å². The van der Waals surface area contributed by atoms with Gasteiger partial charge < -0.3 is 19.3 Å². The van der Waals surface area contributed by atoms with E-state index in [1.54, 1.807) is 7.11 Å². The van der Waals surface area contributed by atoms with Crippen LogP contribution >= 0.6 is 0 Å². The molecule has 1 heterocycles. The molecule has 1 saturated heterocycles. The van der Waals surface area contributed by atoms with Crippen molar-refractivity contribution in [3.05, 3.63) is 29.8 Å². The fraction of sp³-hybridized carbons (Fsp3) is 0.793. The van der Waals surface area contributed by atoms with Crippen molar-refractivity contribution < 1.29 is 29.1 Å². The quantitative estimate of drug-likeness (QED) is 0.308. The number of nitrogens with zero attached hydrogens (tertiary/aromatic N) is 1. The average Bonchev–Trinajstić information content (AvgIpc) is 2.89. The van der Waals surface area contributed by atoms with E-state index in [2.05, 4.69) is 29.2 Å². The maximum Gasteiger partial charge on any atom is 0.207 e. The van der Waals surface area contributed by atoms with E-state index in [0.717, 1.165) is 96.4 Å². The van der Waals surface area contributed by atoms with E-state index in [1.165, 1.54) is 5.56 Å². The Hall–Kier alpha value is -1.22. The molecule has 0 radical (unpaired) electrons. The largest absolute Gasteiger partial charge is 0.492 e. The number of ether oxygens (including phenoxy) is 3. The zero-order chi connectivity index (χ0) is 24.6. The number of rotatable bonds is 9. The van der Waals surface area contributed by atoms with Gasteiger partial charge >= 0.3 is 0 Å². The summed E-state index contributed by atoms with van der Waals surface area (Å²) in [6.07, 6.45) is 8.94. The van der Waals surface area contributed by atoms with Gasteiger partial charge in [0.2, 0.25) is 5.79 Å². The molecule has 5 aliphatic carbocycles. The van der Waals surface area contributed by atoms with Gasteiger partial charge in [-0.3, -0.25) is 4.90 Å². The molecule has 1 aromatic rings. The number of benzene rings is 1. The van der Waals surface area contributed by atoms with E-state index in [0.29, 0.717) is 18.4 Å². The third kappa shape index (κ3) is 5.07. The van der Waals surface area contributed by atoms with Gasteiger partial charge in [-0.25, -0.2) is 9.78 Å². The van der Waals surface area contributed by atoms with E-state index in [-0.39, 0.29) is 17.9 Å². The van der Waals surface area contributed by atoms with Crippen molar-refractivity contribution in [2.45, 2.75) is 81.2 Å². The predicted octanol–water partition coefficient (Wildman–Crippen LogP) is 4.29. The molecule has 7 nitrogen and oxygen atoms in total. The number of methoxy groups -OCH3 is 1. The van der Waals surface area contributed by atoms with E-state index in [4.69, 9.17) is 24.0 Å². The van der Waals surface area contributed by atoms with Crippen LogP contribution in [0.25, 0.3) is 0 Å². The second-order valence-electron chi connectivity index (χ2n) is 12.0. The first-order chi connectivity index (χ1) is 17.6. The Morgan fingerprint density at radius 3 is 2.31 bits per heavy atom. The summed E-state index contributed by atoms with van der Waals surface area (Å²) in [5.74, 6) is 1.88. The molecular formula is C29H43NO6. The van der Waals surface area contributed by atoms with Crippen molar-refractivity contribution in [1.82, 2.24) is 4.90 Å². The fourth-order valence-electron chi connectivity index (χ4n) is 7.98. The SMILES string of the molecule is CO[C@]1(OO[C@H]2CC[C@@H](c3ccc(OCCN4CCOCC4)cc3)CC2)C2CC3CC1C[C@](O)(C3)C2. The van der Waals surface area contributed by atoms with Gasteiger partial charge in [0.15, 0.2) is 0 Å². The summed E-state index contributed by atoms with van der Waals surface area (Å²) in [5.41, 5.74) is 0.876. The molecule has 200 valence electrons. The summed E-state index contributed by atoms with van der Waals surface area (Å²) in [6.45, 7) is 5.31. The van der Waals surface area contributed by atoms with Crippen LogP contribution in [0, 0.1) is 17.8 Å². The lowest BCUT2D eigenvalue weighted by Crippen LogP contribution is -2.65. The lowest BCUT2D eigenvalue weighted by Gasteiger charge is -2.61. The van der Waals surface area contributed by atoms with Crippen LogP contribution in [0.4, 0.5) is 0 Å². The number of hydrogen-bond donors (Lipinski definition) is 1. The molecule has 2 unspecified atom stereocenters. The van der Waals surface area contributed by atoms with Crippen LogP contribution in [0.15, 0.2) is 24.3 Å². The zero-order valence-electron chi connectivity index (χ0n) is 21.7. The van der Waals surface area contributed by atoms with Crippen LogP contribution in [0.3, 0.4) is 0 Å². The van der Waals surface area contributed by atoms with E-state index in [1.807, 2.05) is 0 Å². The molecule has 1 aromatic carbocycles. The fourth-order valence-corrected chi connectivity index (χ4v) is 7.98. The summed E-state index contributed by atoms with van der Waals surface area (Å²) in [6, 6.07) is 8.68. The molecule has 0 aromatic heterocycles. The molecule has 7 rings (SSSR count). The normalized spacial score (nSPS) is 40.4. The smallest absolute Gasteiger partial charge is 0.207 e. The molecule has 5 saturated carbocycles. The standard InChI is InChI=1S/C29H43NO6/c1-32-29(24-16-21-17-25(29)20-28(31,18-21)19-24)36-35-27-8-4-23(5-9-27)22-2-6-26(7-3-22)34-15-12-30-10-13-33-14-11-30/h2-3,6-7,21,23-25,27,31H,4-5,8-20H2,1H3/t21?,23-,24?,25?,27+,28-,29-. The van der Waals surface area contributed by atoms with Crippen molar-refractivity contribution >= 4 is 0 Å². The molecule has 4 bridgehead atoms. The maximum atomic E-state index is 10.9. The highest BCUT2D eigenvalue weighted by molar-refractivity contribution is 5.29. The third-order valence-corrected chi connectivity index (χ3v) is 9.73. The Morgan fingerprint density at radius 2 is 1.67 bits per heavy atom. The minimum absolute atomic E-state index is 0.108. The van der Waals surface area contributed by atoms with Crippen LogP contribution in [0.5, 0.6) is 5.75 Å².